The summed E-state index contributed by atoms with van der Waals surface area (Å²) in [6.07, 6.45) is 0. The zero-order valence-corrected chi connectivity index (χ0v) is 18.0. The molecule has 0 fully saturated rings. The highest BCUT2D eigenvalue weighted by atomic mass is 35.5. The maximum Gasteiger partial charge on any atom is 0.166 e. The van der Waals surface area contributed by atoms with Crippen molar-refractivity contribution in [2.75, 3.05) is 32.2 Å². The molecule has 0 radical (unpaired) electrons. The molecular formula is C23H22ClFN4O2. The fourth-order valence-corrected chi connectivity index (χ4v) is 3.61. The van der Waals surface area contributed by atoms with Gasteiger partial charge in [0.15, 0.2) is 5.65 Å². The van der Waals surface area contributed by atoms with E-state index in [0.717, 1.165) is 28.1 Å². The number of aromatic nitrogens is 3. The van der Waals surface area contributed by atoms with Gasteiger partial charge in [0.1, 0.15) is 11.6 Å². The minimum atomic E-state index is -0.311. The minimum Gasteiger partial charge on any atom is -0.395 e. The zero-order valence-electron chi connectivity index (χ0n) is 17.2. The predicted octanol–water partition coefficient (Wildman–Crippen LogP) is 4.43. The number of benzene rings is 2. The first kappa shape index (κ1) is 21.2. The van der Waals surface area contributed by atoms with Gasteiger partial charge >= 0.3 is 0 Å². The number of hydrogen-bond donors (Lipinski definition) is 1. The number of likely N-dealkylation sites (N-methyl/N-ethyl adjacent to an activating group) is 1. The molecule has 0 amide bonds. The third-order valence-corrected chi connectivity index (χ3v) is 5.28. The van der Waals surface area contributed by atoms with E-state index in [4.69, 9.17) is 26.4 Å². The number of anilines is 1. The number of nitrogens with zero attached hydrogens (tertiary/aromatic N) is 4. The molecule has 160 valence electrons. The van der Waals surface area contributed by atoms with Crippen LogP contribution in [-0.2, 0) is 11.3 Å². The van der Waals surface area contributed by atoms with Gasteiger partial charge in [-0.15, -0.1) is 0 Å². The summed E-state index contributed by atoms with van der Waals surface area (Å²) < 4.78 is 20.7. The van der Waals surface area contributed by atoms with E-state index in [1.54, 1.807) is 23.8 Å². The molecule has 6 nitrogen and oxygen atoms in total. The second-order valence-corrected chi connectivity index (χ2v) is 7.59. The summed E-state index contributed by atoms with van der Waals surface area (Å²) in [5.74, 6) is 0.356. The Kier molecular flexibility index (Phi) is 6.18. The lowest BCUT2D eigenvalue weighted by atomic mass is 10.1. The third kappa shape index (κ3) is 4.25. The van der Waals surface area contributed by atoms with E-state index in [9.17, 15) is 9.50 Å². The molecule has 0 unspecified atom stereocenters. The Labute approximate surface area is 184 Å². The van der Waals surface area contributed by atoms with E-state index in [-0.39, 0.29) is 12.4 Å². The number of fused-ring (bicyclic) bond motifs is 1. The van der Waals surface area contributed by atoms with Gasteiger partial charge in [0.25, 0.3) is 0 Å². The van der Waals surface area contributed by atoms with Gasteiger partial charge in [-0.05, 0) is 42.0 Å². The lowest BCUT2D eigenvalue weighted by Gasteiger charge is -2.18. The van der Waals surface area contributed by atoms with E-state index in [1.165, 1.54) is 12.1 Å². The first-order chi connectivity index (χ1) is 15.0. The summed E-state index contributed by atoms with van der Waals surface area (Å²) in [6.45, 7) is 0.709. The number of aliphatic hydroxyl groups excluding tert-OH is 1. The fraction of sp³-hybridized carbons (Fsp3) is 0.217. The Hall–Kier alpha value is -3.00. The lowest BCUT2D eigenvalue weighted by molar-refractivity contribution is 0.181. The summed E-state index contributed by atoms with van der Waals surface area (Å²) in [6, 6.07) is 15.6. The Balaban J connectivity index is 2.03. The molecule has 31 heavy (non-hydrogen) atoms. The largest absolute Gasteiger partial charge is 0.395 e. The second kappa shape index (κ2) is 9.01. The Morgan fingerprint density at radius 3 is 2.42 bits per heavy atom. The summed E-state index contributed by atoms with van der Waals surface area (Å²) in [5, 5.41) is 14.8. The molecule has 2 aromatic heterocycles. The molecule has 0 saturated heterocycles. The Morgan fingerprint density at radius 1 is 1.10 bits per heavy atom. The molecule has 0 aliphatic heterocycles. The normalized spacial score (nSPS) is 11.3. The quantitative estimate of drug-likeness (QED) is 0.460. The van der Waals surface area contributed by atoms with Crippen molar-refractivity contribution in [2.45, 2.75) is 6.61 Å². The van der Waals surface area contributed by atoms with E-state index in [2.05, 4.69) is 0 Å². The second-order valence-electron chi connectivity index (χ2n) is 7.15. The van der Waals surface area contributed by atoms with Crippen LogP contribution in [0.5, 0.6) is 0 Å². The Morgan fingerprint density at radius 2 is 1.77 bits per heavy atom. The van der Waals surface area contributed by atoms with Crippen molar-refractivity contribution < 1.29 is 14.2 Å². The standard InChI is InChI=1S/C23H22ClFN4O2/c1-28(11-12-30)21-13-20(15-5-9-18(25)10-6-15)29-23(26-21)22(19(27-29)14-31-2)16-3-7-17(24)8-4-16/h3-10,13,30H,11-12,14H2,1-2H3. The maximum atomic E-state index is 13.5. The van der Waals surface area contributed by atoms with Gasteiger partial charge in [-0.1, -0.05) is 23.7 Å². The van der Waals surface area contributed by atoms with Gasteiger partial charge in [0, 0.05) is 37.4 Å². The molecule has 0 atom stereocenters. The zero-order chi connectivity index (χ0) is 22.0. The van der Waals surface area contributed by atoms with Crippen molar-refractivity contribution in [2.24, 2.45) is 0 Å². The number of ether oxygens (including phenoxy) is 1. The highest BCUT2D eigenvalue weighted by Crippen LogP contribution is 2.33. The lowest BCUT2D eigenvalue weighted by Crippen LogP contribution is -2.22. The molecular weight excluding hydrogens is 419 g/mol. The monoisotopic (exact) mass is 440 g/mol. The fourth-order valence-electron chi connectivity index (χ4n) is 3.48. The van der Waals surface area contributed by atoms with E-state index < -0.39 is 0 Å². The van der Waals surface area contributed by atoms with Crippen LogP contribution in [0.4, 0.5) is 10.2 Å². The predicted molar refractivity (Wildman–Crippen MR) is 120 cm³/mol. The molecule has 2 heterocycles. The highest BCUT2D eigenvalue weighted by molar-refractivity contribution is 6.30. The average molecular weight is 441 g/mol. The highest BCUT2D eigenvalue weighted by Gasteiger charge is 2.21. The van der Waals surface area contributed by atoms with Gasteiger partial charge < -0.3 is 14.7 Å². The van der Waals surface area contributed by atoms with Crippen LogP contribution in [0.25, 0.3) is 28.0 Å². The van der Waals surface area contributed by atoms with Crippen molar-refractivity contribution in [1.29, 1.82) is 0 Å². The van der Waals surface area contributed by atoms with Crippen molar-refractivity contribution in [3.63, 3.8) is 0 Å². The van der Waals surface area contributed by atoms with Crippen LogP contribution in [0.15, 0.2) is 54.6 Å². The number of aliphatic hydroxyl groups is 1. The number of halogens is 2. The molecule has 1 N–H and O–H groups in total. The van der Waals surface area contributed by atoms with Crippen LogP contribution in [0.2, 0.25) is 5.02 Å². The van der Waals surface area contributed by atoms with Crippen LogP contribution >= 0.6 is 11.6 Å². The van der Waals surface area contributed by atoms with Gasteiger partial charge in [0.05, 0.1) is 30.2 Å². The number of rotatable bonds is 7. The third-order valence-electron chi connectivity index (χ3n) is 5.03. The molecule has 0 aliphatic carbocycles. The topological polar surface area (TPSA) is 62.9 Å². The number of hydrogen-bond acceptors (Lipinski definition) is 5. The van der Waals surface area contributed by atoms with E-state index >= 15 is 0 Å². The van der Waals surface area contributed by atoms with E-state index in [0.29, 0.717) is 29.6 Å². The van der Waals surface area contributed by atoms with Crippen molar-refractivity contribution in [3.8, 4) is 22.4 Å². The van der Waals surface area contributed by atoms with Crippen molar-refractivity contribution >= 4 is 23.1 Å². The first-order valence-corrected chi connectivity index (χ1v) is 10.1. The summed E-state index contributed by atoms with van der Waals surface area (Å²) >= 11 is 6.09. The van der Waals surface area contributed by atoms with Crippen molar-refractivity contribution in [1.82, 2.24) is 14.6 Å². The molecule has 0 aliphatic rings. The first-order valence-electron chi connectivity index (χ1n) is 9.77. The molecule has 8 heteroatoms. The summed E-state index contributed by atoms with van der Waals surface area (Å²) in [4.78, 5) is 6.71. The van der Waals surface area contributed by atoms with Crippen LogP contribution in [0.3, 0.4) is 0 Å². The molecule has 4 rings (SSSR count). The van der Waals surface area contributed by atoms with Crippen LogP contribution in [0.1, 0.15) is 5.69 Å². The summed E-state index contributed by atoms with van der Waals surface area (Å²) in [5.41, 5.74) is 4.65. The molecule has 0 spiro atoms. The maximum absolute atomic E-state index is 13.5. The molecule has 2 aromatic carbocycles. The average Bonchev–Trinajstić information content (AvgIpc) is 3.13. The molecule has 0 bridgehead atoms. The van der Waals surface area contributed by atoms with Crippen LogP contribution in [0, 0.1) is 5.82 Å². The van der Waals surface area contributed by atoms with Crippen molar-refractivity contribution in [3.05, 3.63) is 71.1 Å². The molecule has 0 saturated carbocycles. The van der Waals surface area contributed by atoms with Crippen LogP contribution < -0.4 is 4.90 Å². The Bertz CT molecular complexity index is 1190. The summed E-state index contributed by atoms with van der Waals surface area (Å²) in [7, 11) is 3.47. The van der Waals surface area contributed by atoms with Gasteiger partial charge in [0.2, 0.25) is 0 Å². The van der Waals surface area contributed by atoms with Gasteiger partial charge in [-0.25, -0.2) is 13.9 Å². The van der Waals surface area contributed by atoms with Gasteiger partial charge in [-0.3, -0.25) is 0 Å². The SMILES string of the molecule is COCc1nn2c(-c3ccc(F)cc3)cc(N(C)CCO)nc2c1-c1ccc(Cl)cc1. The van der Waals surface area contributed by atoms with E-state index in [1.807, 2.05) is 42.3 Å². The van der Waals surface area contributed by atoms with Gasteiger partial charge in [-0.2, -0.15) is 5.10 Å². The number of methoxy groups -OCH3 is 1. The van der Waals surface area contributed by atoms with Crippen LogP contribution in [-0.4, -0.2) is 47.0 Å². The minimum absolute atomic E-state index is 0.00648. The molecule has 4 aromatic rings. The smallest absolute Gasteiger partial charge is 0.166 e.